The number of carbonyl (C=O) groups is 2. The zero-order valence-electron chi connectivity index (χ0n) is 14.5. The van der Waals surface area contributed by atoms with Gasteiger partial charge in [0.2, 0.25) is 5.91 Å². The zero-order chi connectivity index (χ0) is 16.5. The Morgan fingerprint density at radius 1 is 1.41 bits per heavy atom. The third-order valence-electron chi connectivity index (χ3n) is 4.98. The van der Waals surface area contributed by atoms with Crippen LogP contribution in [0.4, 0.5) is 4.79 Å². The molecule has 0 N–H and O–H groups in total. The van der Waals surface area contributed by atoms with Crippen LogP contribution in [0.2, 0.25) is 0 Å². The quantitative estimate of drug-likeness (QED) is 0.799. The number of carbonyl (C=O) groups excluding carboxylic acids is 2. The van der Waals surface area contributed by atoms with Crippen LogP contribution >= 0.6 is 0 Å². The molecule has 0 spiro atoms. The van der Waals surface area contributed by atoms with Crippen molar-refractivity contribution in [2.75, 3.05) is 27.1 Å². The van der Waals surface area contributed by atoms with Gasteiger partial charge in [-0.15, -0.1) is 0 Å². The summed E-state index contributed by atoms with van der Waals surface area (Å²) in [7, 11) is 1.75. The molecule has 3 amide bonds. The molecule has 0 aromatic heterocycles. The minimum atomic E-state index is -0.295. The van der Waals surface area contributed by atoms with Gasteiger partial charge in [-0.1, -0.05) is 6.92 Å². The number of urea groups is 1. The molecule has 0 saturated carbocycles. The fourth-order valence-electron chi connectivity index (χ4n) is 3.83. The summed E-state index contributed by atoms with van der Waals surface area (Å²) >= 11 is 0. The summed E-state index contributed by atoms with van der Waals surface area (Å²) in [4.78, 5) is 29.5. The molecule has 0 aliphatic carbocycles. The van der Waals surface area contributed by atoms with Gasteiger partial charge in [0.25, 0.3) is 0 Å². The molecule has 6 nitrogen and oxygen atoms in total. The largest absolute Gasteiger partial charge is 0.341 e. The predicted octanol–water partition coefficient (Wildman–Crippen LogP) is 2.10. The molecular formula is C16H29N3O3. The van der Waals surface area contributed by atoms with Gasteiger partial charge in [-0.25, -0.2) is 4.79 Å². The molecule has 2 saturated heterocycles. The number of rotatable bonds is 4. The van der Waals surface area contributed by atoms with E-state index in [0.29, 0.717) is 19.4 Å². The molecule has 2 atom stereocenters. The lowest BCUT2D eigenvalue weighted by Crippen LogP contribution is -2.58. The average Bonchev–Trinajstić information content (AvgIpc) is 2.90. The molecule has 0 aromatic rings. The second-order valence-corrected chi connectivity index (χ2v) is 7.29. The zero-order valence-corrected chi connectivity index (χ0v) is 14.5. The van der Waals surface area contributed by atoms with Crippen molar-refractivity contribution >= 4 is 11.9 Å². The minimum absolute atomic E-state index is 0.0123. The number of ether oxygens (including phenoxy) is 1. The average molecular weight is 311 g/mol. The van der Waals surface area contributed by atoms with Gasteiger partial charge in [-0.05, 0) is 39.0 Å². The van der Waals surface area contributed by atoms with Crippen LogP contribution in [0, 0.1) is 5.92 Å². The smallest absolute Gasteiger partial charge is 0.323 e. The van der Waals surface area contributed by atoms with Crippen LogP contribution in [0.5, 0.6) is 0 Å². The maximum absolute atomic E-state index is 12.4. The van der Waals surface area contributed by atoms with Gasteiger partial charge in [0.15, 0.2) is 0 Å². The van der Waals surface area contributed by atoms with E-state index in [1.54, 1.807) is 23.8 Å². The first-order chi connectivity index (χ1) is 10.2. The van der Waals surface area contributed by atoms with Gasteiger partial charge < -0.3 is 14.5 Å². The summed E-state index contributed by atoms with van der Waals surface area (Å²) in [6, 6.07) is 0.300. The first kappa shape index (κ1) is 17.1. The van der Waals surface area contributed by atoms with E-state index in [2.05, 4.69) is 20.8 Å². The van der Waals surface area contributed by atoms with E-state index in [1.807, 2.05) is 4.90 Å². The van der Waals surface area contributed by atoms with Gasteiger partial charge in [-0.2, -0.15) is 0 Å². The Hall–Kier alpha value is -1.30. The topological polar surface area (TPSA) is 53.1 Å². The lowest BCUT2D eigenvalue weighted by atomic mass is 9.85. The Morgan fingerprint density at radius 2 is 2.09 bits per heavy atom. The van der Waals surface area contributed by atoms with Crippen molar-refractivity contribution in [3.8, 4) is 0 Å². The Kier molecular flexibility index (Phi) is 5.00. The molecule has 2 rings (SSSR count). The van der Waals surface area contributed by atoms with Crippen LogP contribution in [0.3, 0.4) is 0 Å². The van der Waals surface area contributed by atoms with Crippen LogP contribution in [0.25, 0.3) is 0 Å². The molecular weight excluding hydrogens is 282 g/mol. The highest BCUT2D eigenvalue weighted by Gasteiger charge is 2.39. The molecule has 0 radical (unpaired) electrons. The normalized spacial score (nSPS) is 24.9. The molecule has 0 aromatic carbocycles. The van der Waals surface area contributed by atoms with Gasteiger partial charge >= 0.3 is 6.03 Å². The van der Waals surface area contributed by atoms with Crippen LogP contribution in [-0.4, -0.2) is 65.3 Å². The third kappa shape index (κ3) is 3.37. The van der Waals surface area contributed by atoms with Crippen molar-refractivity contribution in [1.29, 1.82) is 0 Å². The van der Waals surface area contributed by atoms with E-state index in [-0.39, 0.29) is 23.5 Å². The van der Waals surface area contributed by atoms with Crippen molar-refractivity contribution in [2.45, 2.75) is 58.5 Å². The van der Waals surface area contributed by atoms with Crippen LogP contribution in [0.1, 0.15) is 47.0 Å². The van der Waals surface area contributed by atoms with E-state index >= 15 is 0 Å². The van der Waals surface area contributed by atoms with Gasteiger partial charge in [0.05, 0.1) is 0 Å². The number of hydrogen-bond acceptors (Lipinski definition) is 3. The van der Waals surface area contributed by atoms with Gasteiger partial charge in [0.1, 0.15) is 13.5 Å². The van der Waals surface area contributed by atoms with E-state index in [1.165, 1.54) is 0 Å². The van der Waals surface area contributed by atoms with E-state index in [4.69, 9.17) is 4.74 Å². The van der Waals surface area contributed by atoms with Crippen molar-refractivity contribution < 1.29 is 14.3 Å². The Morgan fingerprint density at radius 3 is 2.73 bits per heavy atom. The van der Waals surface area contributed by atoms with Crippen molar-refractivity contribution in [3.63, 3.8) is 0 Å². The molecule has 0 bridgehead atoms. The first-order valence-electron chi connectivity index (χ1n) is 8.11. The molecule has 6 heteroatoms. The molecule has 2 aliphatic heterocycles. The molecule has 2 heterocycles. The standard InChI is InChI=1S/C16H29N3O3/c1-12(14-7-6-8-18(14)13(2)20)9-16(3,4)19-11-22-10-17(5)15(19)21/h12,14H,6-11H2,1-5H3/t12?,14-/m0/s1. The summed E-state index contributed by atoms with van der Waals surface area (Å²) < 4.78 is 5.48. The van der Waals surface area contributed by atoms with Crippen LogP contribution < -0.4 is 0 Å². The molecule has 22 heavy (non-hydrogen) atoms. The van der Waals surface area contributed by atoms with Crippen LogP contribution in [0.15, 0.2) is 0 Å². The van der Waals surface area contributed by atoms with E-state index in [0.717, 1.165) is 25.8 Å². The molecule has 2 aliphatic rings. The molecule has 126 valence electrons. The molecule has 2 fully saturated rings. The summed E-state index contributed by atoms with van der Waals surface area (Å²) in [5, 5.41) is 0. The highest BCUT2D eigenvalue weighted by atomic mass is 16.5. The predicted molar refractivity (Wildman–Crippen MR) is 84.1 cm³/mol. The summed E-state index contributed by atoms with van der Waals surface area (Å²) in [5.74, 6) is 0.505. The summed E-state index contributed by atoms with van der Waals surface area (Å²) in [5.41, 5.74) is -0.295. The highest BCUT2D eigenvalue weighted by Crippen LogP contribution is 2.33. The SMILES string of the molecule is CC(=O)N1CCC[C@H]1C(C)CC(C)(C)N1COCN(C)C1=O. The van der Waals surface area contributed by atoms with Crippen molar-refractivity contribution in [3.05, 3.63) is 0 Å². The maximum Gasteiger partial charge on any atom is 0.323 e. The maximum atomic E-state index is 12.4. The van der Waals surface area contributed by atoms with Crippen molar-refractivity contribution in [2.24, 2.45) is 5.92 Å². The highest BCUT2D eigenvalue weighted by molar-refractivity contribution is 5.75. The number of nitrogens with zero attached hydrogens (tertiary/aromatic N) is 3. The fourth-order valence-corrected chi connectivity index (χ4v) is 3.83. The number of amides is 3. The van der Waals surface area contributed by atoms with Crippen molar-refractivity contribution in [1.82, 2.24) is 14.7 Å². The second-order valence-electron chi connectivity index (χ2n) is 7.29. The lowest BCUT2D eigenvalue weighted by Gasteiger charge is -2.45. The second kappa shape index (κ2) is 6.44. The fraction of sp³-hybridized carbons (Fsp3) is 0.875. The Bertz CT molecular complexity index is 438. The first-order valence-corrected chi connectivity index (χ1v) is 8.11. The summed E-state index contributed by atoms with van der Waals surface area (Å²) in [6.07, 6.45) is 2.98. The third-order valence-corrected chi connectivity index (χ3v) is 4.98. The Balaban J connectivity index is 2.04. The van der Waals surface area contributed by atoms with Gasteiger partial charge in [0, 0.05) is 32.1 Å². The van der Waals surface area contributed by atoms with Gasteiger partial charge in [-0.3, -0.25) is 9.69 Å². The van der Waals surface area contributed by atoms with E-state index in [9.17, 15) is 9.59 Å². The number of hydrogen-bond donors (Lipinski definition) is 0. The Labute approximate surface area is 133 Å². The lowest BCUT2D eigenvalue weighted by molar-refractivity contribution is -0.131. The number of likely N-dealkylation sites (tertiary alicyclic amines) is 1. The minimum Gasteiger partial charge on any atom is -0.341 e. The van der Waals surface area contributed by atoms with E-state index < -0.39 is 0 Å². The summed E-state index contributed by atoms with van der Waals surface area (Å²) in [6.45, 7) is 9.54. The molecule has 1 unspecified atom stereocenters. The monoisotopic (exact) mass is 311 g/mol. The van der Waals surface area contributed by atoms with Crippen LogP contribution in [-0.2, 0) is 9.53 Å².